The second kappa shape index (κ2) is 6.49. The fraction of sp³-hybridized carbons (Fsp3) is 0.350. The number of aromatic nitrogens is 5. The number of hydrogen-bond acceptors (Lipinski definition) is 4. The van der Waals surface area contributed by atoms with Crippen molar-refractivity contribution in [1.29, 1.82) is 0 Å². The summed E-state index contributed by atoms with van der Waals surface area (Å²) in [6, 6.07) is 8.29. The molecule has 0 saturated heterocycles. The van der Waals surface area contributed by atoms with Crippen LogP contribution in [0.25, 0.3) is 28.2 Å². The molecule has 1 aromatic carbocycles. The monoisotopic (exact) mass is 380 g/mol. The van der Waals surface area contributed by atoms with E-state index in [1.54, 1.807) is 7.05 Å². The Morgan fingerprint density at radius 1 is 1.04 bits per heavy atom. The normalized spacial score (nSPS) is 11.9. The van der Waals surface area contributed by atoms with Crippen molar-refractivity contribution in [2.75, 3.05) is 20.6 Å². The van der Waals surface area contributed by atoms with Crippen molar-refractivity contribution >= 4 is 16.9 Å². The highest BCUT2D eigenvalue weighted by Gasteiger charge is 2.20. The minimum Gasteiger partial charge on any atom is -0.308 e. The number of rotatable bonds is 4. The summed E-state index contributed by atoms with van der Waals surface area (Å²) < 4.78 is 6.46. The van der Waals surface area contributed by atoms with Gasteiger partial charge in [0.15, 0.2) is 11.2 Å². The molecule has 146 valence electrons. The van der Waals surface area contributed by atoms with Gasteiger partial charge in [0.05, 0.1) is 5.69 Å². The van der Waals surface area contributed by atoms with Crippen LogP contribution in [0.15, 0.2) is 40.1 Å². The summed E-state index contributed by atoms with van der Waals surface area (Å²) in [6.45, 7) is 3.59. The van der Waals surface area contributed by atoms with Crippen molar-refractivity contribution in [3.8, 4) is 11.3 Å². The summed E-state index contributed by atoms with van der Waals surface area (Å²) in [5, 5.41) is 0. The SMILES string of the molecule is Cc1ccc(-c2cn3c4c(=O)n(C)c(=O)n(C)c4nc3n2CCN(C)C)cc1. The third-order valence-electron chi connectivity index (χ3n) is 5.17. The lowest BCUT2D eigenvalue weighted by Crippen LogP contribution is -2.37. The van der Waals surface area contributed by atoms with Crippen LogP contribution in [0.2, 0.25) is 0 Å². The Kier molecular flexibility index (Phi) is 4.23. The van der Waals surface area contributed by atoms with Crippen LogP contribution in [0, 0.1) is 6.92 Å². The summed E-state index contributed by atoms with van der Waals surface area (Å²) in [5.74, 6) is 0.658. The quantitative estimate of drug-likeness (QED) is 0.534. The van der Waals surface area contributed by atoms with Crippen LogP contribution in [-0.2, 0) is 20.6 Å². The standard InChI is InChI=1S/C20H24N6O2/c1-13-6-8-14(9-7-13)15-12-26-16-17(23(4)20(28)24(5)18(16)27)21-19(26)25(15)11-10-22(2)3/h6-9,12H,10-11H2,1-5H3. The zero-order valence-corrected chi connectivity index (χ0v) is 16.8. The average molecular weight is 380 g/mol. The van der Waals surface area contributed by atoms with Gasteiger partial charge >= 0.3 is 5.69 Å². The number of benzene rings is 1. The number of likely N-dealkylation sites (N-methyl/N-ethyl adjacent to an activating group) is 1. The van der Waals surface area contributed by atoms with Crippen LogP contribution in [0.4, 0.5) is 0 Å². The van der Waals surface area contributed by atoms with Gasteiger partial charge in [-0.05, 0) is 26.6 Å². The van der Waals surface area contributed by atoms with Gasteiger partial charge in [-0.25, -0.2) is 4.79 Å². The summed E-state index contributed by atoms with van der Waals surface area (Å²) in [6.07, 6.45) is 1.94. The Balaban J connectivity index is 2.07. The molecule has 8 nitrogen and oxygen atoms in total. The maximum Gasteiger partial charge on any atom is 0.332 e. The topological polar surface area (TPSA) is 69.5 Å². The smallest absolute Gasteiger partial charge is 0.308 e. The predicted octanol–water partition coefficient (Wildman–Crippen LogP) is 1.22. The number of fused-ring (bicyclic) bond motifs is 3. The molecule has 0 saturated carbocycles. The molecule has 8 heteroatoms. The molecular weight excluding hydrogens is 356 g/mol. The number of aryl methyl sites for hydroxylation is 2. The Hall–Kier alpha value is -3.13. The molecule has 4 rings (SSSR count). The Morgan fingerprint density at radius 2 is 1.71 bits per heavy atom. The molecular formula is C20H24N6O2. The molecule has 0 unspecified atom stereocenters. The maximum atomic E-state index is 12.8. The highest BCUT2D eigenvalue weighted by atomic mass is 16.2. The van der Waals surface area contributed by atoms with Gasteiger partial charge in [0.25, 0.3) is 5.56 Å². The summed E-state index contributed by atoms with van der Waals surface area (Å²) in [4.78, 5) is 31.9. The molecule has 3 aromatic heterocycles. The summed E-state index contributed by atoms with van der Waals surface area (Å²) in [7, 11) is 7.18. The van der Waals surface area contributed by atoms with E-state index in [-0.39, 0.29) is 11.2 Å². The molecule has 0 atom stereocenters. The van der Waals surface area contributed by atoms with Crippen molar-refractivity contribution < 1.29 is 0 Å². The second-order valence-electron chi connectivity index (χ2n) is 7.50. The van der Waals surface area contributed by atoms with Crippen molar-refractivity contribution in [1.82, 2.24) is 28.0 Å². The zero-order chi connectivity index (χ0) is 20.2. The zero-order valence-electron chi connectivity index (χ0n) is 16.8. The van der Waals surface area contributed by atoms with E-state index in [0.717, 1.165) is 22.4 Å². The van der Waals surface area contributed by atoms with Crippen molar-refractivity contribution in [2.45, 2.75) is 13.5 Å². The maximum absolute atomic E-state index is 12.8. The lowest BCUT2D eigenvalue weighted by molar-refractivity contribution is 0.387. The van der Waals surface area contributed by atoms with Crippen LogP contribution < -0.4 is 11.2 Å². The Morgan fingerprint density at radius 3 is 2.36 bits per heavy atom. The van der Waals surface area contributed by atoms with E-state index in [2.05, 4.69) is 45.6 Å². The van der Waals surface area contributed by atoms with E-state index < -0.39 is 0 Å². The second-order valence-corrected chi connectivity index (χ2v) is 7.50. The van der Waals surface area contributed by atoms with Crippen LogP contribution in [0.3, 0.4) is 0 Å². The van der Waals surface area contributed by atoms with Crippen LogP contribution >= 0.6 is 0 Å². The predicted molar refractivity (Wildman–Crippen MR) is 110 cm³/mol. The van der Waals surface area contributed by atoms with Crippen LogP contribution in [0.5, 0.6) is 0 Å². The number of hydrogen-bond donors (Lipinski definition) is 0. The first-order chi connectivity index (χ1) is 13.3. The van der Waals surface area contributed by atoms with E-state index in [1.165, 1.54) is 17.2 Å². The van der Waals surface area contributed by atoms with Crippen molar-refractivity contribution in [3.63, 3.8) is 0 Å². The van der Waals surface area contributed by atoms with Gasteiger partial charge < -0.3 is 9.47 Å². The fourth-order valence-electron chi connectivity index (χ4n) is 3.49. The molecule has 0 aliphatic carbocycles. The van der Waals surface area contributed by atoms with Crippen LogP contribution in [0.1, 0.15) is 5.56 Å². The molecule has 28 heavy (non-hydrogen) atoms. The summed E-state index contributed by atoms with van der Waals surface area (Å²) in [5.41, 5.74) is 3.33. The minimum atomic E-state index is -0.378. The third-order valence-corrected chi connectivity index (χ3v) is 5.17. The molecule has 0 amide bonds. The average Bonchev–Trinajstić information content (AvgIpc) is 3.20. The molecule has 0 fully saturated rings. The molecule has 4 aromatic rings. The largest absolute Gasteiger partial charge is 0.332 e. The lowest BCUT2D eigenvalue weighted by atomic mass is 10.1. The molecule has 3 heterocycles. The van der Waals surface area contributed by atoms with Gasteiger partial charge in [-0.2, -0.15) is 4.98 Å². The van der Waals surface area contributed by atoms with Gasteiger partial charge in [0.2, 0.25) is 5.78 Å². The van der Waals surface area contributed by atoms with E-state index in [4.69, 9.17) is 0 Å². The molecule has 0 aliphatic heterocycles. The van der Waals surface area contributed by atoms with E-state index >= 15 is 0 Å². The minimum absolute atomic E-state index is 0.342. The highest BCUT2D eigenvalue weighted by molar-refractivity contribution is 5.78. The van der Waals surface area contributed by atoms with Gasteiger partial charge in [0, 0.05) is 33.4 Å². The van der Waals surface area contributed by atoms with E-state index in [9.17, 15) is 9.59 Å². The molecule has 0 radical (unpaired) electrons. The van der Waals surface area contributed by atoms with Gasteiger partial charge in [0.1, 0.15) is 0 Å². The van der Waals surface area contributed by atoms with Crippen molar-refractivity contribution in [3.05, 3.63) is 56.9 Å². The number of nitrogens with zero attached hydrogens (tertiary/aromatic N) is 6. The van der Waals surface area contributed by atoms with Gasteiger partial charge in [-0.1, -0.05) is 29.8 Å². The Labute approximate surface area is 161 Å². The molecule has 0 spiro atoms. The van der Waals surface area contributed by atoms with Gasteiger partial charge in [-0.3, -0.25) is 18.3 Å². The fourth-order valence-corrected chi connectivity index (χ4v) is 3.49. The summed E-state index contributed by atoms with van der Waals surface area (Å²) >= 11 is 0. The third kappa shape index (κ3) is 2.68. The highest BCUT2D eigenvalue weighted by Crippen LogP contribution is 2.25. The molecule has 0 aliphatic rings. The Bertz CT molecular complexity index is 1300. The first-order valence-electron chi connectivity index (χ1n) is 9.18. The van der Waals surface area contributed by atoms with E-state index in [0.29, 0.717) is 23.5 Å². The van der Waals surface area contributed by atoms with E-state index in [1.807, 2.05) is 24.7 Å². The lowest BCUT2D eigenvalue weighted by Gasteiger charge is -2.13. The molecule has 0 bridgehead atoms. The number of imidazole rings is 2. The first-order valence-corrected chi connectivity index (χ1v) is 9.18. The first kappa shape index (κ1) is 18.2. The van der Waals surface area contributed by atoms with Gasteiger partial charge in [-0.15, -0.1) is 0 Å². The van der Waals surface area contributed by atoms with Crippen LogP contribution in [-0.4, -0.2) is 48.6 Å². The van der Waals surface area contributed by atoms with Crippen molar-refractivity contribution in [2.24, 2.45) is 14.1 Å². The molecule has 0 N–H and O–H groups in total.